The minimum absolute atomic E-state index is 0.139. The third-order valence-electron chi connectivity index (χ3n) is 2.91. The number of nitrogens with zero attached hydrogens (tertiary/aromatic N) is 2. The van der Waals surface area contributed by atoms with Gasteiger partial charge < -0.3 is 20.3 Å². The van der Waals surface area contributed by atoms with Gasteiger partial charge in [0.1, 0.15) is 5.82 Å². The summed E-state index contributed by atoms with van der Waals surface area (Å²) in [6.07, 6.45) is 4.66. The summed E-state index contributed by atoms with van der Waals surface area (Å²) in [7, 11) is 1.89. The zero-order valence-electron chi connectivity index (χ0n) is 11.2. The van der Waals surface area contributed by atoms with E-state index >= 15 is 0 Å². The van der Waals surface area contributed by atoms with Crippen molar-refractivity contribution in [2.45, 2.75) is 19.8 Å². The highest BCUT2D eigenvalue weighted by atomic mass is 16.4. The molecule has 0 bridgehead atoms. The van der Waals surface area contributed by atoms with Crippen molar-refractivity contribution < 1.29 is 14.7 Å². The predicted octanol–water partition coefficient (Wildman–Crippen LogP) is 0.373. The van der Waals surface area contributed by atoms with E-state index in [1.54, 1.807) is 13.1 Å². The van der Waals surface area contributed by atoms with Crippen molar-refractivity contribution in [1.29, 1.82) is 0 Å². The van der Waals surface area contributed by atoms with Crippen LogP contribution < -0.4 is 10.6 Å². The van der Waals surface area contributed by atoms with E-state index in [2.05, 4.69) is 15.6 Å². The Labute approximate surface area is 112 Å². The predicted molar refractivity (Wildman–Crippen MR) is 69.7 cm³/mol. The molecule has 0 fully saturated rings. The number of amides is 2. The van der Waals surface area contributed by atoms with Gasteiger partial charge in [0.15, 0.2) is 0 Å². The molecular weight excluding hydrogens is 248 g/mol. The molecule has 3 N–H and O–H groups in total. The lowest BCUT2D eigenvalue weighted by atomic mass is 10.1. The van der Waals surface area contributed by atoms with E-state index in [0.29, 0.717) is 19.4 Å². The molecule has 0 aliphatic heterocycles. The van der Waals surface area contributed by atoms with Crippen LogP contribution in [0.5, 0.6) is 0 Å². The molecule has 1 rings (SSSR count). The molecule has 19 heavy (non-hydrogen) atoms. The van der Waals surface area contributed by atoms with Crippen LogP contribution in [-0.2, 0) is 18.3 Å². The first-order chi connectivity index (χ1) is 9.04. The average Bonchev–Trinajstić information content (AvgIpc) is 2.75. The van der Waals surface area contributed by atoms with E-state index < -0.39 is 11.9 Å². The Morgan fingerprint density at radius 1 is 1.47 bits per heavy atom. The van der Waals surface area contributed by atoms with E-state index in [9.17, 15) is 9.59 Å². The van der Waals surface area contributed by atoms with Gasteiger partial charge in [0.05, 0.1) is 5.92 Å². The number of carbonyl (C=O) groups is 2. The van der Waals surface area contributed by atoms with Crippen molar-refractivity contribution in [3.63, 3.8) is 0 Å². The fourth-order valence-corrected chi connectivity index (χ4v) is 1.61. The molecule has 0 saturated heterocycles. The van der Waals surface area contributed by atoms with E-state index in [0.717, 1.165) is 5.82 Å². The SMILES string of the molecule is CCC(CNC(=O)NCCc1nccn1C)C(=O)O. The first-order valence-corrected chi connectivity index (χ1v) is 6.25. The number of aromatic nitrogens is 2. The number of aliphatic carboxylic acids is 1. The highest BCUT2D eigenvalue weighted by Crippen LogP contribution is 2.00. The molecule has 2 amide bonds. The number of carboxylic acids is 1. The molecule has 1 heterocycles. The van der Waals surface area contributed by atoms with Gasteiger partial charge in [0.25, 0.3) is 0 Å². The molecule has 1 atom stereocenters. The number of carboxylic acid groups (broad SMARTS) is 1. The maximum atomic E-state index is 11.5. The lowest BCUT2D eigenvalue weighted by molar-refractivity contribution is -0.141. The quantitative estimate of drug-likeness (QED) is 0.665. The largest absolute Gasteiger partial charge is 0.481 e. The molecule has 106 valence electrons. The van der Waals surface area contributed by atoms with Crippen molar-refractivity contribution in [3.05, 3.63) is 18.2 Å². The summed E-state index contributed by atoms with van der Waals surface area (Å²) in [5.41, 5.74) is 0. The Morgan fingerprint density at radius 2 is 2.21 bits per heavy atom. The highest BCUT2D eigenvalue weighted by Gasteiger charge is 2.15. The van der Waals surface area contributed by atoms with Crippen LogP contribution >= 0.6 is 0 Å². The summed E-state index contributed by atoms with van der Waals surface area (Å²) in [6.45, 7) is 2.38. The van der Waals surface area contributed by atoms with Crippen molar-refractivity contribution >= 4 is 12.0 Å². The second kappa shape index (κ2) is 7.40. The monoisotopic (exact) mass is 268 g/mol. The number of nitrogens with one attached hydrogen (secondary N) is 2. The Morgan fingerprint density at radius 3 is 2.74 bits per heavy atom. The van der Waals surface area contributed by atoms with Gasteiger partial charge >= 0.3 is 12.0 Å². The topological polar surface area (TPSA) is 96.3 Å². The number of rotatable bonds is 7. The van der Waals surface area contributed by atoms with Gasteiger partial charge in [-0.3, -0.25) is 4.79 Å². The molecule has 0 aromatic carbocycles. The molecule has 0 radical (unpaired) electrons. The second-order valence-electron chi connectivity index (χ2n) is 4.28. The molecule has 0 saturated carbocycles. The van der Waals surface area contributed by atoms with Crippen LogP contribution in [0.3, 0.4) is 0 Å². The molecule has 1 aromatic heterocycles. The maximum Gasteiger partial charge on any atom is 0.314 e. The minimum Gasteiger partial charge on any atom is -0.481 e. The molecule has 1 unspecified atom stereocenters. The van der Waals surface area contributed by atoms with Crippen LogP contribution in [-0.4, -0.2) is 39.7 Å². The Bertz CT molecular complexity index is 430. The van der Waals surface area contributed by atoms with Crippen LogP contribution in [0.1, 0.15) is 19.2 Å². The Balaban J connectivity index is 2.21. The summed E-state index contributed by atoms with van der Waals surface area (Å²) in [5.74, 6) is -0.548. The summed E-state index contributed by atoms with van der Waals surface area (Å²) in [5, 5.41) is 14.1. The van der Waals surface area contributed by atoms with Gasteiger partial charge in [-0.15, -0.1) is 0 Å². The van der Waals surface area contributed by atoms with Crippen molar-refractivity contribution in [1.82, 2.24) is 20.2 Å². The number of carbonyl (C=O) groups excluding carboxylic acids is 1. The third kappa shape index (κ3) is 4.99. The maximum absolute atomic E-state index is 11.5. The number of hydrogen-bond donors (Lipinski definition) is 3. The van der Waals surface area contributed by atoms with Gasteiger partial charge in [-0.25, -0.2) is 9.78 Å². The third-order valence-corrected chi connectivity index (χ3v) is 2.91. The molecule has 0 aliphatic carbocycles. The van der Waals surface area contributed by atoms with E-state index in [-0.39, 0.29) is 12.6 Å². The Hall–Kier alpha value is -2.05. The van der Waals surface area contributed by atoms with Crippen molar-refractivity contribution in [2.75, 3.05) is 13.1 Å². The standard InChI is InChI=1S/C12H20N4O3/c1-3-9(11(17)18)8-15-12(19)14-5-4-10-13-6-7-16(10)2/h6-7,9H,3-5,8H2,1-2H3,(H,17,18)(H2,14,15,19). The first-order valence-electron chi connectivity index (χ1n) is 6.25. The average molecular weight is 268 g/mol. The molecule has 7 nitrogen and oxygen atoms in total. The number of hydrogen-bond acceptors (Lipinski definition) is 3. The molecular formula is C12H20N4O3. The summed E-state index contributed by atoms with van der Waals surface area (Å²) in [6, 6.07) is -0.353. The van der Waals surface area contributed by atoms with E-state index in [1.807, 2.05) is 17.8 Å². The molecule has 0 aliphatic rings. The second-order valence-corrected chi connectivity index (χ2v) is 4.28. The fourth-order valence-electron chi connectivity index (χ4n) is 1.61. The summed E-state index contributed by atoms with van der Waals surface area (Å²) < 4.78 is 1.89. The van der Waals surface area contributed by atoms with Gasteiger partial charge in [0.2, 0.25) is 0 Å². The van der Waals surface area contributed by atoms with Gasteiger partial charge in [-0.1, -0.05) is 6.92 Å². The number of urea groups is 1. The van der Waals surface area contributed by atoms with Crippen LogP contribution in [0.4, 0.5) is 4.79 Å². The van der Waals surface area contributed by atoms with Crippen LogP contribution in [0, 0.1) is 5.92 Å². The van der Waals surface area contributed by atoms with Crippen molar-refractivity contribution in [3.8, 4) is 0 Å². The lowest BCUT2D eigenvalue weighted by Gasteiger charge is -2.11. The van der Waals surface area contributed by atoms with Gasteiger partial charge in [-0.2, -0.15) is 0 Å². The van der Waals surface area contributed by atoms with Crippen molar-refractivity contribution in [2.24, 2.45) is 13.0 Å². The zero-order valence-corrected chi connectivity index (χ0v) is 11.2. The minimum atomic E-state index is -0.893. The normalized spacial score (nSPS) is 11.9. The smallest absolute Gasteiger partial charge is 0.314 e. The summed E-state index contributed by atoms with van der Waals surface area (Å²) >= 11 is 0. The fraction of sp³-hybridized carbons (Fsp3) is 0.583. The first kappa shape index (κ1) is 15.0. The molecule has 1 aromatic rings. The number of aryl methyl sites for hydroxylation is 1. The summed E-state index contributed by atoms with van der Waals surface area (Å²) in [4.78, 5) is 26.4. The van der Waals surface area contributed by atoms with Crippen LogP contribution in [0.15, 0.2) is 12.4 Å². The highest BCUT2D eigenvalue weighted by molar-refractivity contribution is 5.75. The van der Waals surface area contributed by atoms with Gasteiger partial charge in [-0.05, 0) is 6.42 Å². The van der Waals surface area contributed by atoms with E-state index in [4.69, 9.17) is 5.11 Å². The van der Waals surface area contributed by atoms with Crippen LogP contribution in [0.25, 0.3) is 0 Å². The molecule has 7 heteroatoms. The Kier molecular flexibility index (Phi) is 5.84. The van der Waals surface area contributed by atoms with Crippen LogP contribution in [0.2, 0.25) is 0 Å². The van der Waals surface area contributed by atoms with Gasteiger partial charge in [0, 0.05) is 39.0 Å². The lowest BCUT2D eigenvalue weighted by Crippen LogP contribution is -2.40. The zero-order chi connectivity index (χ0) is 14.3. The molecule has 0 spiro atoms. The number of imidazole rings is 1. The van der Waals surface area contributed by atoms with E-state index in [1.165, 1.54) is 0 Å².